The maximum atomic E-state index is 13.1. The van der Waals surface area contributed by atoms with Gasteiger partial charge in [-0.3, -0.25) is 0 Å². The van der Waals surface area contributed by atoms with E-state index in [1.807, 2.05) is 0 Å². The van der Waals surface area contributed by atoms with Gasteiger partial charge < -0.3 is 5.11 Å². The van der Waals surface area contributed by atoms with Gasteiger partial charge in [0.1, 0.15) is 5.82 Å². The van der Waals surface area contributed by atoms with Crippen molar-refractivity contribution < 1.29 is 18.3 Å². The minimum atomic E-state index is -0.923. The molecule has 2 aromatic carbocycles. The maximum absolute atomic E-state index is 13.1. The van der Waals surface area contributed by atoms with Crippen molar-refractivity contribution in [2.75, 3.05) is 6.61 Å². The molecule has 100 valence electrons. The van der Waals surface area contributed by atoms with E-state index in [0.717, 1.165) is 12.1 Å². The van der Waals surface area contributed by atoms with Gasteiger partial charge in [0.15, 0.2) is 11.6 Å². The minimum absolute atomic E-state index is 0.192. The highest BCUT2D eigenvalue weighted by Crippen LogP contribution is 2.22. The van der Waals surface area contributed by atoms with Crippen molar-refractivity contribution >= 4 is 0 Å². The summed E-state index contributed by atoms with van der Waals surface area (Å²) < 4.78 is 39.1. The molecule has 0 saturated heterocycles. The summed E-state index contributed by atoms with van der Waals surface area (Å²) in [5, 5.41) is 9.37. The van der Waals surface area contributed by atoms with E-state index >= 15 is 0 Å². The fourth-order valence-electron chi connectivity index (χ4n) is 2.00. The van der Waals surface area contributed by atoms with Crippen molar-refractivity contribution in [2.45, 2.75) is 12.3 Å². The Kier molecular flexibility index (Phi) is 4.22. The molecule has 2 aromatic rings. The Balaban J connectivity index is 2.21. The third kappa shape index (κ3) is 3.35. The van der Waals surface area contributed by atoms with Crippen LogP contribution in [0, 0.1) is 17.5 Å². The average molecular weight is 266 g/mol. The van der Waals surface area contributed by atoms with Crippen molar-refractivity contribution in [3.63, 3.8) is 0 Å². The Labute approximate surface area is 109 Å². The van der Waals surface area contributed by atoms with Crippen LogP contribution in [0.1, 0.15) is 17.0 Å². The zero-order chi connectivity index (χ0) is 13.8. The first kappa shape index (κ1) is 13.6. The van der Waals surface area contributed by atoms with Crippen LogP contribution in [0.15, 0.2) is 42.5 Å². The number of rotatable bonds is 4. The Morgan fingerprint density at radius 3 is 2.37 bits per heavy atom. The largest absolute Gasteiger partial charge is 0.396 e. The highest BCUT2D eigenvalue weighted by molar-refractivity contribution is 5.25. The predicted octanol–water partition coefficient (Wildman–Crippen LogP) is 3.42. The van der Waals surface area contributed by atoms with Gasteiger partial charge in [-0.2, -0.15) is 0 Å². The second kappa shape index (κ2) is 5.89. The van der Waals surface area contributed by atoms with Crippen LogP contribution >= 0.6 is 0 Å². The SMILES string of the molecule is OCC(Cc1ccc(F)c(F)c1)c1cccc(F)c1. The molecule has 1 nitrogen and oxygen atoms in total. The lowest BCUT2D eigenvalue weighted by atomic mass is 9.92. The van der Waals surface area contributed by atoms with Crippen molar-refractivity contribution in [1.29, 1.82) is 0 Å². The van der Waals surface area contributed by atoms with E-state index in [-0.39, 0.29) is 18.3 Å². The number of hydrogen-bond acceptors (Lipinski definition) is 1. The van der Waals surface area contributed by atoms with Gasteiger partial charge in [0.2, 0.25) is 0 Å². The molecule has 0 amide bonds. The third-order valence-corrected chi connectivity index (χ3v) is 3.01. The fourth-order valence-corrected chi connectivity index (χ4v) is 2.00. The Bertz CT molecular complexity index is 569. The molecule has 0 aliphatic rings. The van der Waals surface area contributed by atoms with Gasteiger partial charge in [-0.05, 0) is 41.8 Å². The van der Waals surface area contributed by atoms with Crippen LogP contribution < -0.4 is 0 Å². The number of hydrogen-bond donors (Lipinski definition) is 1. The molecule has 0 bridgehead atoms. The average Bonchev–Trinajstić information content (AvgIpc) is 2.40. The van der Waals surface area contributed by atoms with Crippen molar-refractivity contribution in [2.24, 2.45) is 0 Å². The number of benzene rings is 2. The van der Waals surface area contributed by atoms with E-state index in [2.05, 4.69) is 0 Å². The fraction of sp³-hybridized carbons (Fsp3) is 0.200. The highest BCUT2D eigenvalue weighted by atomic mass is 19.2. The summed E-state index contributed by atoms with van der Waals surface area (Å²) in [6.07, 6.45) is 0.317. The standard InChI is InChI=1S/C15H13F3O/c16-13-3-1-2-11(8-13)12(9-19)6-10-4-5-14(17)15(18)7-10/h1-5,7-8,12,19H,6,9H2. The molecule has 0 fully saturated rings. The maximum Gasteiger partial charge on any atom is 0.159 e. The van der Waals surface area contributed by atoms with E-state index in [4.69, 9.17) is 0 Å². The number of aliphatic hydroxyl groups excluding tert-OH is 1. The summed E-state index contributed by atoms with van der Waals surface area (Å²) in [5.74, 6) is -2.56. The van der Waals surface area contributed by atoms with Gasteiger partial charge >= 0.3 is 0 Å². The van der Waals surface area contributed by atoms with Crippen molar-refractivity contribution in [1.82, 2.24) is 0 Å². The Hall–Kier alpha value is -1.81. The van der Waals surface area contributed by atoms with Gasteiger partial charge in [0, 0.05) is 5.92 Å². The number of halogens is 3. The molecule has 1 N–H and O–H groups in total. The molecular formula is C15H13F3O. The van der Waals surface area contributed by atoms with Gasteiger partial charge in [0.25, 0.3) is 0 Å². The van der Waals surface area contributed by atoms with E-state index < -0.39 is 11.6 Å². The van der Waals surface area contributed by atoms with Crippen LogP contribution in [0.2, 0.25) is 0 Å². The molecule has 0 radical (unpaired) electrons. The molecule has 1 atom stereocenters. The minimum Gasteiger partial charge on any atom is -0.396 e. The molecule has 0 aliphatic carbocycles. The van der Waals surface area contributed by atoms with Crippen molar-refractivity contribution in [3.05, 3.63) is 71.0 Å². The quantitative estimate of drug-likeness (QED) is 0.899. The molecule has 0 saturated carbocycles. The molecular weight excluding hydrogens is 253 g/mol. The third-order valence-electron chi connectivity index (χ3n) is 3.01. The first-order valence-electron chi connectivity index (χ1n) is 5.90. The number of aliphatic hydroxyl groups is 1. The lowest BCUT2D eigenvalue weighted by Gasteiger charge is -2.15. The van der Waals surface area contributed by atoms with Crippen LogP contribution in [0.5, 0.6) is 0 Å². The monoisotopic (exact) mass is 266 g/mol. The zero-order valence-corrected chi connectivity index (χ0v) is 10.1. The van der Waals surface area contributed by atoms with Crippen LogP contribution in [0.4, 0.5) is 13.2 Å². The molecule has 4 heteroatoms. The first-order chi connectivity index (χ1) is 9.10. The highest BCUT2D eigenvalue weighted by Gasteiger charge is 2.13. The van der Waals surface area contributed by atoms with Crippen LogP contribution in [0.25, 0.3) is 0 Å². The van der Waals surface area contributed by atoms with Gasteiger partial charge in [-0.1, -0.05) is 18.2 Å². The molecule has 0 aliphatic heterocycles. The molecule has 0 heterocycles. The zero-order valence-electron chi connectivity index (χ0n) is 10.1. The van der Waals surface area contributed by atoms with Crippen molar-refractivity contribution in [3.8, 4) is 0 Å². The summed E-state index contributed by atoms with van der Waals surface area (Å²) in [7, 11) is 0. The Morgan fingerprint density at radius 2 is 1.74 bits per heavy atom. The molecule has 0 aromatic heterocycles. The summed E-state index contributed by atoms with van der Waals surface area (Å²) >= 11 is 0. The van der Waals surface area contributed by atoms with E-state index in [1.54, 1.807) is 12.1 Å². The summed E-state index contributed by atoms with van der Waals surface area (Å²) in [6.45, 7) is -0.192. The summed E-state index contributed by atoms with van der Waals surface area (Å²) in [4.78, 5) is 0. The molecule has 1 unspecified atom stereocenters. The van der Waals surface area contributed by atoms with E-state index in [0.29, 0.717) is 17.5 Å². The first-order valence-corrected chi connectivity index (χ1v) is 5.90. The smallest absolute Gasteiger partial charge is 0.159 e. The van der Waals surface area contributed by atoms with E-state index in [9.17, 15) is 18.3 Å². The molecule has 19 heavy (non-hydrogen) atoms. The Morgan fingerprint density at radius 1 is 0.947 bits per heavy atom. The summed E-state index contributed by atoms with van der Waals surface area (Å²) in [5.41, 5.74) is 1.19. The van der Waals surface area contributed by atoms with Gasteiger partial charge in [0.05, 0.1) is 6.61 Å². The van der Waals surface area contributed by atoms with Gasteiger partial charge in [-0.15, -0.1) is 0 Å². The second-order valence-corrected chi connectivity index (χ2v) is 4.39. The second-order valence-electron chi connectivity index (χ2n) is 4.39. The lowest BCUT2D eigenvalue weighted by molar-refractivity contribution is 0.264. The van der Waals surface area contributed by atoms with Gasteiger partial charge in [-0.25, -0.2) is 13.2 Å². The predicted molar refractivity (Wildman–Crippen MR) is 66.3 cm³/mol. The molecule has 2 rings (SSSR count). The van der Waals surface area contributed by atoms with E-state index in [1.165, 1.54) is 18.2 Å². The topological polar surface area (TPSA) is 20.2 Å². The summed E-state index contributed by atoms with van der Waals surface area (Å²) in [6, 6.07) is 9.50. The van der Waals surface area contributed by atoms with Crippen LogP contribution in [-0.2, 0) is 6.42 Å². The molecule has 0 spiro atoms. The van der Waals surface area contributed by atoms with Crippen LogP contribution in [0.3, 0.4) is 0 Å². The lowest BCUT2D eigenvalue weighted by Crippen LogP contribution is -2.08. The normalized spacial score (nSPS) is 12.4. The van der Waals surface area contributed by atoms with Crippen LogP contribution in [-0.4, -0.2) is 11.7 Å².